The summed E-state index contributed by atoms with van der Waals surface area (Å²) in [6.07, 6.45) is 1.66. The molecule has 0 radical (unpaired) electrons. The highest BCUT2D eigenvalue weighted by Gasteiger charge is 2.05. The summed E-state index contributed by atoms with van der Waals surface area (Å²) in [5.41, 5.74) is 0. The van der Waals surface area contributed by atoms with Crippen molar-refractivity contribution in [2.45, 2.75) is 0 Å². The predicted molar refractivity (Wildman–Crippen MR) is 57.0 cm³/mol. The van der Waals surface area contributed by atoms with E-state index in [0.717, 1.165) is 3.79 Å². The number of thiazole rings is 1. The van der Waals surface area contributed by atoms with E-state index in [9.17, 15) is 4.79 Å². The van der Waals surface area contributed by atoms with Gasteiger partial charge in [0.25, 0.3) is 0 Å². The monoisotopic (exact) mass is 263 g/mol. The van der Waals surface area contributed by atoms with E-state index in [0.29, 0.717) is 11.7 Å². The fraction of sp³-hybridized carbons (Fsp3) is 0.429. The zero-order valence-electron chi connectivity index (χ0n) is 7.37. The molecular weight excluding hydrogens is 254 g/mol. The molecule has 0 bridgehead atoms. The van der Waals surface area contributed by atoms with Crippen LogP contribution in [0.5, 0.6) is 0 Å². The number of rotatable bonds is 3. The van der Waals surface area contributed by atoms with Gasteiger partial charge < -0.3 is 10.2 Å². The van der Waals surface area contributed by atoms with Crippen molar-refractivity contribution in [3.8, 4) is 0 Å². The van der Waals surface area contributed by atoms with Crippen LogP contribution in [-0.4, -0.2) is 36.4 Å². The minimum absolute atomic E-state index is 0.0492. The summed E-state index contributed by atoms with van der Waals surface area (Å²) in [7, 11) is 3.69. The highest BCUT2D eigenvalue weighted by atomic mass is 79.9. The molecule has 0 aliphatic heterocycles. The molecule has 0 unspecified atom stereocenters. The largest absolute Gasteiger partial charge is 0.301 e. The number of aromatic nitrogens is 1. The Labute approximate surface area is 89.1 Å². The van der Waals surface area contributed by atoms with Gasteiger partial charge >= 0.3 is 0 Å². The number of amides is 1. The SMILES string of the molecule is CN(C)CC(=O)Nc1ncc(Br)s1. The van der Waals surface area contributed by atoms with Gasteiger partial charge in [-0.15, -0.1) is 0 Å². The highest BCUT2D eigenvalue weighted by Crippen LogP contribution is 2.22. The molecular formula is C7H10BrN3OS. The van der Waals surface area contributed by atoms with E-state index < -0.39 is 0 Å². The molecule has 0 aliphatic rings. The highest BCUT2D eigenvalue weighted by molar-refractivity contribution is 9.11. The normalized spacial score (nSPS) is 10.5. The van der Waals surface area contributed by atoms with Gasteiger partial charge in [0.05, 0.1) is 16.5 Å². The van der Waals surface area contributed by atoms with Gasteiger partial charge in [0, 0.05) is 0 Å². The van der Waals surface area contributed by atoms with Crippen molar-refractivity contribution in [1.82, 2.24) is 9.88 Å². The molecule has 0 saturated heterocycles. The van der Waals surface area contributed by atoms with E-state index in [4.69, 9.17) is 0 Å². The molecule has 0 fully saturated rings. The fourth-order valence-corrected chi connectivity index (χ4v) is 1.88. The first-order chi connectivity index (χ1) is 6.08. The van der Waals surface area contributed by atoms with Crippen molar-refractivity contribution in [3.05, 3.63) is 9.98 Å². The Balaban J connectivity index is 2.45. The lowest BCUT2D eigenvalue weighted by Gasteiger charge is -2.07. The first kappa shape index (κ1) is 10.6. The third-order valence-electron chi connectivity index (χ3n) is 1.18. The minimum atomic E-state index is -0.0492. The lowest BCUT2D eigenvalue weighted by molar-refractivity contribution is -0.116. The molecule has 0 saturated carbocycles. The van der Waals surface area contributed by atoms with Gasteiger partial charge in [-0.1, -0.05) is 11.3 Å². The molecule has 0 atom stereocenters. The van der Waals surface area contributed by atoms with Crippen LogP contribution in [0.1, 0.15) is 0 Å². The second-order valence-electron chi connectivity index (χ2n) is 2.76. The molecule has 72 valence electrons. The van der Waals surface area contributed by atoms with Crippen LogP contribution in [0.15, 0.2) is 9.98 Å². The molecule has 1 amide bonds. The number of nitrogens with one attached hydrogen (secondary N) is 1. The molecule has 0 aliphatic carbocycles. The van der Waals surface area contributed by atoms with Crippen molar-refractivity contribution in [3.63, 3.8) is 0 Å². The second-order valence-corrected chi connectivity index (χ2v) is 5.17. The van der Waals surface area contributed by atoms with E-state index in [-0.39, 0.29) is 5.91 Å². The van der Waals surface area contributed by atoms with Crippen LogP contribution in [0.25, 0.3) is 0 Å². The lowest BCUT2D eigenvalue weighted by Crippen LogP contribution is -2.26. The van der Waals surface area contributed by atoms with Crippen LogP contribution in [-0.2, 0) is 4.79 Å². The Morgan fingerprint density at radius 1 is 1.77 bits per heavy atom. The Kier molecular flexibility index (Phi) is 3.83. The summed E-state index contributed by atoms with van der Waals surface area (Å²) in [5.74, 6) is -0.0492. The second kappa shape index (κ2) is 4.69. The van der Waals surface area contributed by atoms with Gasteiger partial charge in [0.2, 0.25) is 5.91 Å². The zero-order valence-corrected chi connectivity index (χ0v) is 9.78. The summed E-state index contributed by atoms with van der Waals surface area (Å²) in [5, 5.41) is 3.31. The predicted octanol–water partition coefficient (Wildman–Crippen LogP) is 1.41. The molecule has 4 nitrogen and oxygen atoms in total. The Bertz CT molecular complexity index is 300. The lowest BCUT2D eigenvalue weighted by atomic mass is 10.5. The third-order valence-corrected chi connectivity index (χ3v) is 2.58. The zero-order chi connectivity index (χ0) is 9.84. The Morgan fingerprint density at radius 3 is 2.92 bits per heavy atom. The number of halogens is 1. The summed E-state index contributed by atoms with van der Waals surface area (Å²) in [4.78, 5) is 17.0. The van der Waals surface area contributed by atoms with Crippen molar-refractivity contribution >= 4 is 38.3 Å². The van der Waals surface area contributed by atoms with Crippen molar-refractivity contribution in [2.24, 2.45) is 0 Å². The van der Waals surface area contributed by atoms with Crippen LogP contribution in [0.4, 0.5) is 5.13 Å². The molecule has 1 rings (SSSR count). The van der Waals surface area contributed by atoms with E-state index in [2.05, 4.69) is 26.2 Å². The van der Waals surface area contributed by atoms with E-state index in [1.165, 1.54) is 11.3 Å². The van der Waals surface area contributed by atoms with Gasteiger partial charge in [-0.25, -0.2) is 4.98 Å². The van der Waals surface area contributed by atoms with Crippen LogP contribution in [0.2, 0.25) is 0 Å². The summed E-state index contributed by atoms with van der Waals surface area (Å²) >= 11 is 4.67. The van der Waals surface area contributed by atoms with Crippen LogP contribution in [0, 0.1) is 0 Å². The molecule has 6 heteroatoms. The van der Waals surface area contributed by atoms with Gasteiger partial charge in [-0.2, -0.15) is 0 Å². The standard InChI is InChI=1S/C7H10BrN3OS/c1-11(2)4-6(12)10-7-9-3-5(8)13-7/h3H,4H2,1-2H3,(H,9,10,12). The van der Waals surface area contributed by atoms with E-state index in [1.54, 1.807) is 11.1 Å². The first-order valence-corrected chi connectivity index (χ1v) is 5.25. The molecule has 13 heavy (non-hydrogen) atoms. The number of hydrogen-bond acceptors (Lipinski definition) is 4. The maximum atomic E-state index is 11.2. The van der Waals surface area contributed by atoms with Crippen molar-refractivity contribution < 1.29 is 4.79 Å². The van der Waals surface area contributed by atoms with Crippen LogP contribution in [0.3, 0.4) is 0 Å². The number of anilines is 1. The van der Waals surface area contributed by atoms with Gasteiger partial charge in [0.15, 0.2) is 5.13 Å². The number of likely N-dealkylation sites (N-methyl/N-ethyl adjacent to an activating group) is 1. The molecule has 1 aromatic rings. The quantitative estimate of drug-likeness (QED) is 0.897. The van der Waals surface area contributed by atoms with E-state index in [1.807, 2.05) is 14.1 Å². The number of carbonyl (C=O) groups excluding carboxylic acids is 1. The fourth-order valence-electron chi connectivity index (χ4n) is 0.758. The average Bonchev–Trinajstić information content (AvgIpc) is 2.33. The number of nitrogens with zero attached hydrogens (tertiary/aromatic N) is 2. The molecule has 0 aromatic carbocycles. The molecule has 0 spiro atoms. The summed E-state index contributed by atoms with van der Waals surface area (Å²) in [6, 6.07) is 0. The first-order valence-electron chi connectivity index (χ1n) is 3.64. The summed E-state index contributed by atoms with van der Waals surface area (Å²) < 4.78 is 0.910. The average molecular weight is 264 g/mol. The minimum Gasteiger partial charge on any atom is -0.301 e. The van der Waals surface area contributed by atoms with Crippen molar-refractivity contribution in [1.29, 1.82) is 0 Å². The molecule has 1 N–H and O–H groups in total. The van der Waals surface area contributed by atoms with Gasteiger partial charge in [-0.3, -0.25) is 4.79 Å². The molecule has 1 heterocycles. The Morgan fingerprint density at radius 2 is 2.46 bits per heavy atom. The number of hydrogen-bond donors (Lipinski definition) is 1. The van der Waals surface area contributed by atoms with Gasteiger partial charge in [-0.05, 0) is 30.0 Å². The van der Waals surface area contributed by atoms with Gasteiger partial charge in [0.1, 0.15) is 0 Å². The summed E-state index contributed by atoms with van der Waals surface area (Å²) in [6.45, 7) is 0.372. The van der Waals surface area contributed by atoms with Crippen LogP contribution >= 0.6 is 27.3 Å². The maximum Gasteiger partial charge on any atom is 0.240 e. The maximum absolute atomic E-state index is 11.2. The number of carbonyl (C=O) groups is 1. The third kappa shape index (κ3) is 3.84. The van der Waals surface area contributed by atoms with E-state index >= 15 is 0 Å². The Hall–Kier alpha value is -0.460. The smallest absolute Gasteiger partial charge is 0.240 e. The topological polar surface area (TPSA) is 45.2 Å². The van der Waals surface area contributed by atoms with Crippen molar-refractivity contribution in [2.75, 3.05) is 26.0 Å². The van der Waals surface area contributed by atoms with Crippen LogP contribution < -0.4 is 5.32 Å². The molecule has 1 aromatic heterocycles.